The third-order valence-electron chi connectivity index (χ3n) is 5.31. The van der Waals surface area contributed by atoms with Crippen molar-refractivity contribution in [3.8, 4) is 5.82 Å². The minimum absolute atomic E-state index is 0.00360. The first-order valence-electron chi connectivity index (χ1n) is 9.77. The molecule has 5 rings (SSSR count). The topological polar surface area (TPSA) is 95.9 Å². The molecule has 0 saturated heterocycles. The maximum atomic E-state index is 14.3. The zero-order chi connectivity index (χ0) is 23.3. The number of halogens is 4. The number of aromatic nitrogens is 4. The third kappa shape index (κ3) is 3.39. The van der Waals surface area contributed by atoms with Crippen LogP contribution >= 0.6 is 0 Å². The summed E-state index contributed by atoms with van der Waals surface area (Å²) in [5, 5.41) is 2.62. The van der Waals surface area contributed by atoms with Crippen LogP contribution in [0.2, 0.25) is 0 Å². The van der Waals surface area contributed by atoms with Gasteiger partial charge in [0.1, 0.15) is 11.6 Å². The maximum Gasteiger partial charge on any atom is 0.333 e. The standard InChI is InChI=1S/C21H14F4N6O2/c22-12-8-13(23)17(25)11(16(12)24)9-30-7-6-27-20(32)10-3-4-15(28-19(10)30)31-14-2-1-5-26-18(14)29-21(31)33/h1-5,8H,6-7,9H2,(H,27,32)(H,26,29,33). The molecule has 1 aliphatic rings. The summed E-state index contributed by atoms with van der Waals surface area (Å²) in [6, 6.07) is 6.24. The average molecular weight is 458 g/mol. The number of benzene rings is 1. The number of hydrogen-bond donors (Lipinski definition) is 2. The van der Waals surface area contributed by atoms with Crippen LogP contribution in [0.1, 0.15) is 15.9 Å². The SMILES string of the molecule is O=C1NCCN(Cc2c(F)c(F)cc(F)c2F)c2nc(-n3c(=O)[nH]c4ncccc43)ccc21. The van der Waals surface area contributed by atoms with E-state index in [4.69, 9.17) is 0 Å². The second-order valence-electron chi connectivity index (χ2n) is 7.30. The Morgan fingerprint density at radius 2 is 1.79 bits per heavy atom. The first-order chi connectivity index (χ1) is 15.8. The van der Waals surface area contributed by atoms with Crippen LogP contribution in [0.5, 0.6) is 0 Å². The Labute approximate surface area is 182 Å². The molecular weight excluding hydrogens is 444 g/mol. The van der Waals surface area contributed by atoms with E-state index < -0.39 is 47.0 Å². The summed E-state index contributed by atoms with van der Waals surface area (Å²) in [5.74, 6) is -6.52. The number of H-pyrrole nitrogens is 1. The molecule has 0 atom stereocenters. The van der Waals surface area contributed by atoms with Gasteiger partial charge in [0.05, 0.1) is 17.6 Å². The van der Waals surface area contributed by atoms with Crippen LogP contribution in [-0.4, -0.2) is 38.5 Å². The molecule has 4 heterocycles. The van der Waals surface area contributed by atoms with Crippen molar-refractivity contribution in [1.29, 1.82) is 0 Å². The predicted molar refractivity (Wildman–Crippen MR) is 109 cm³/mol. The van der Waals surface area contributed by atoms with Gasteiger partial charge >= 0.3 is 5.69 Å². The van der Waals surface area contributed by atoms with Crippen molar-refractivity contribution in [3.63, 3.8) is 0 Å². The summed E-state index contributed by atoms with van der Waals surface area (Å²) >= 11 is 0. The van der Waals surface area contributed by atoms with E-state index in [0.29, 0.717) is 11.2 Å². The lowest BCUT2D eigenvalue weighted by Crippen LogP contribution is -2.31. The number of carbonyl (C=O) groups excluding carboxylic acids is 1. The molecule has 168 valence electrons. The zero-order valence-electron chi connectivity index (χ0n) is 16.7. The molecule has 33 heavy (non-hydrogen) atoms. The second kappa shape index (κ2) is 7.73. The number of nitrogens with zero attached hydrogens (tertiary/aromatic N) is 4. The summed E-state index contributed by atoms with van der Waals surface area (Å²) in [4.78, 5) is 37.4. The Balaban J connectivity index is 1.66. The Morgan fingerprint density at radius 1 is 1.03 bits per heavy atom. The number of aromatic amines is 1. The lowest BCUT2D eigenvalue weighted by Gasteiger charge is -2.24. The van der Waals surface area contributed by atoms with Gasteiger partial charge in [0.15, 0.2) is 28.9 Å². The van der Waals surface area contributed by atoms with Gasteiger partial charge in [-0.2, -0.15) is 0 Å². The van der Waals surface area contributed by atoms with Crippen molar-refractivity contribution < 1.29 is 22.4 Å². The number of hydrogen-bond acceptors (Lipinski definition) is 5. The highest BCUT2D eigenvalue weighted by Gasteiger charge is 2.27. The number of imidazole rings is 1. The fraction of sp³-hybridized carbons (Fsp3) is 0.143. The van der Waals surface area contributed by atoms with Crippen molar-refractivity contribution in [3.05, 3.63) is 81.4 Å². The van der Waals surface area contributed by atoms with Crippen LogP contribution < -0.4 is 15.9 Å². The number of amides is 1. The van der Waals surface area contributed by atoms with Gasteiger partial charge in [-0.25, -0.2) is 36.9 Å². The summed E-state index contributed by atoms with van der Waals surface area (Å²) in [7, 11) is 0. The molecular formula is C21H14F4N6O2. The molecule has 1 amide bonds. The van der Waals surface area contributed by atoms with E-state index in [-0.39, 0.29) is 36.4 Å². The number of nitrogens with one attached hydrogen (secondary N) is 2. The number of pyridine rings is 2. The fourth-order valence-corrected chi connectivity index (χ4v) is 3.76. The molecule has 0 saturated carbocycles. The Bertz CT molecular complexity index is 1460. The molecule has 0 aliphatic carbocycles. The second-order valence-corrected chi connectivity index (χ2v) is 7.30. The third-order valence-corrected chi connectivity index (χ3v) is 5.31. The van der Waals surface area contributed by atoms with Crippen molar-refractivity contribution in [2.45, 2.75) is 6.54 Å². The van der Waals surface area contributed by atoms with Gasteiger partial charge in [0.25, 0.3) is 5.91 Å². The van der Waals surface area contributed by atoms with E-state index in [0.717, 1.165) is 0 Å². The molecule has 3 aromatic heterocycles. The van der Waals surface area contributed by atoms with Gasteiger partial charge in [0.2, 0.25) is 0 Å². The molecule has 2 N–H and O–H groups in total. The smallest absolute Gasteiger partial charge is 0.333 e. The zero-order valence-corrected chi connectivity index (χ0v) is 16.7. The summed E-state index contributed by atoms with van der Waals surface area (Å²) in [6.07, 6.45) is 1.50. The normalized spacial score (nSPS) is 13.7. The summed E-state index contributed by atoms with van der Waals surface area (Å²) in [6.45, 7) is -0.478. The lowest BCUT2D eigenvalue weighted by molar-refractivity contribution is 0.0957. The van der Waals surface area contributed by atoms with Crippen LogP contribution in [-0.2, 0) is 6.54 Å². The molecule has 12 heteroatoms. The number of carbonyl (C=O) groups is 1. The summed E-state index contributed by atoms with van der Waals surface area (Å²) in [5.41, 5.74) is -0.574. The number of anilines is 1. The van der Waals surface area contributed by atoms with Gasteiger partial charge in [-0.3, -0.25) is 9.78 Å². The van der Waals surface area contributed by atoms with Gasteiger partial charge in [-0.1, -0.05) is 0 Å². The Hall–Kier alpha value is -4.22. The monoisotopic (exact) mass is 458 g/mol. The first kappa shape index (κ1) is 20.7. The van der Waals surface area contributed by atoms with Crippen LogP contribution in [0.4, 0.5) is 23.4 Å². The van der Waals surface area contributed by atoms with Crippen LogP contribution in [0.15, 0.2) is 41.3 Å². The maximum absolute atomic E-state index is 14.3. The molecule has 1 aliphatic heterocycles. The lowest BCUT2D eigenvalue weighted by atomic mass is 10.1. The number of rotatable bonds is 3. The molecule has 0 radical (unpaired) electrons. The molecule has 0 fully saturated rings. The average Bonchev–Trinajstić information content (AvgIpc) is 3.06. The van der Waals surface area contributed by atoms with E-state index >= 15 is 0 Å². The van der Waals surface area contributed by atoms with Gasteiger partial charge in [-0.15, -0.1) is 0 Å². The van der Waals surface area contributed by atoms with Crippen LogP contribution in [0, 0.1) is 23.3 Å². The molecule has 8 nitrogen and oxygen atoms in total. The number of fused-ring (bicyclic) bond motifs is 2. The van der Waals surface area contributed by atoms with Gasteiger partial charge in [0, 0.05) is 30.9 Å². The fourth-order valence-electron chi connectivity index (χ4n) is 3.76. The van der Waals surface area contributed by atoms with Crippen LogP contribution in [0.3, 0.4) is 0 Å². The molecule has 0 bridgehead atoms. The van der Waals surface area contributed by atoms with E-state index in [1.54, 1.807) is 12.1 Å². The van der Waals surface area contributed by atoms with Crippen molar-refractivity contribution >= 4 is 22.9 Å². The van der Waals surface area contributed by atoms with Gasteiger partial charge in [-0.05, 0) is 24.3 Å². The van der Waals surface area contributed by atoms with E-state index in [9.17, 15) is 27.2 Å². The Kier molecular flexibility index (Phi) is 4.84. The van der Waals surface area contributed by atoms with E-state index in [1.165, 1.54) is 27.8 Å². The van der Waals surface area contributed by atoms with E-state index in [2.05, 4.69) is 20.3 Å². The molecule has 4 aromatic rings. The summed E-state index contributed by atoms with van der Waals surface area (Å²) < 4.78 is 57.3. The quantitative estimate of drug-likeness (QED) is 0.363. The Morgan fingerprint density at radius 3 is 2.55 bits per heavy atom. The molecule has 0 spiro atoms. The predicted octanol–water partition coefficient (Wildman–Crippen LogP) is 2.42. The van der Waals surface area contributed by atoms with E-state index in [1.807, 2.05) is 0 Å². The highest BCUT2D eigenvalue weighted by atomic mass is 19.2. The highest BCUT2D eigenvalue weighted by Crippen LogP contribution is 2.27. The van der Waals surface area contributed by atoms with Crippen molar-refractivity contribution in [1.82, 2.24) is 24.8 Å². The highest BCUT2D eigenvalue weighted by molar-refractivity contribution is 5.99. The van der Waals surface area contributed by atoms with Crippen molar-refractivity contribution in [2.24, 2.45) is 0 Å². The van der Waals surface area contributed by atoms with Crippen molar-refractivity contribution in [2.75, 3.05) is 18.0 Å². The minimum Gasteiger partial charge on any atom is -0.350 e. The molecule has 1 aromatic carbocycles. The minimum atomic E-state index is -1.53. The molecule has 0 unspecified atom stereocenters. The first-order valence-corrected chi connectivity index (χ1v) is 9.77. The largest absolute Gasteiger partial charge is 0.350 e. The van der Waals surface area contributed by atoms with Gasteiger partial charge < -0.3 is 10.2 Å². The van der Waals surface area contributed by atoms with Crippen LogP contribution in [0.25, 0.3) is 17.0 Å².